The highest BCUT2D eigenvalue weighted by atomic mass is 16.3. The van der Waals surface area contributed by atoms with Crippen LogP contribution in [0.1, 0.15) is 48.2 Å². The molecule has 2 aromatic rings. The minimum atomic E-state index is -0.109. The van der Waals surface area contributed by atoms with E-state index in [1.807, 2.05) is 12.1 Å². The average molecular weight is 309 g/mol. The summed E-state index contributed by atoms with van der Waals surface area (Å²) in [6, 6.07) is 12.6. The Morgan fingerprint density at radius 1 is 1.00 bits per heavy atom. The lowest BCUT2D eigenvalue weighted by Gasteiger charge is -2.21. The SMILES string of the molecule is CC1(C)CCc2ccc(C(=O)Nc3ccc(O)cc3)cc2CC1. The summed E-state index contributed by atoms with van der Waals surface area (Å²) >= 11 is 0. The van der Waals surface area contributed by atoms with Gasteiger partial charge in [-0.05, 0) is 78.6 Å². The summed E-state index contributed by atoms with van der Waals surface area (Å²) in [5.41, 5.74) is 4.42. The number of aryl methyl sites for hydroxylation is 2. The van der Waals surface area contributed by atoms with Crippen molar-refractivity contribution in [2.45, 2.75) is 39.5 Å². The zero-order chi connectivity index (χ0) is 16.4. The van der Waals surface area contributed by atoms with Gasteiger partial charge in [-0.1, -0.05) is 19.9 Å². The summed E-state index contributed by atoms with van der Waals surface area (Å²) in [7, 11) is 0. The van der Waals surface area contributed by atoms with Crippen molar-refractivity contribution in [2.24, 2.45) is 5.41 Å². The Morgan fingerprint density at radius 2 is 1.65 bits per heavy atom. The standard InChI is InChI=1S/C20H23NO2/c1-20(2)11-9-14-3-4-16(13-15(14)10-12-20)19(23)21-17-5-7-18(22)8-6-17/h3-8,13,22H,9-12H2,1-2H3,(H,21,23). The summed E-state index contributed by atoms with van der Waals surface area (Å²) in [4.78, 5) is 12.4. The average Bonchev–Trinajstić information content (AvgIpc) is 2.68. The van der Waals surface area contributed by atoms with E-state index >= 15 is 0 Å². The van der Waals surface area contributed by atoms with E-state index in [0.29, 0.717) is 16.7 Å². The molecular weight excluding hydrogens is 286 g/mol. The first kappa shape index (κ1) is 15.6. The summed E-state index contributed by atoms with van der Waals surface area (Å²) < 4.78 is 0. The third-order valence-corrected chi connectivity index (χ3v) is 4.74. The second kappa shape index (κ2) is 6.07. The molecule has 3 nitrogen and oxygen atoms in total. The van der Waals surface area contributed by atoms with E-state index < -0.39 is 0 Å². The van der Waals surface area contributed by atoms with Crippen LogP contribution in [-0.4, -0.2) is 11.0 Å². The molecule has 0 saturated heterocycles. The fraction of sp³-hybridized carbons (Fsp3) is 0.350. The topological polar surface area (TPSA) is 49.3 Å². The van der Waals surface area contributed by atoms with Crippen molar-refractivity contribution >= 4 is 11.6 Å². The number of rotatable bonds is 2. The monoisotopic (exact) mass is 309 g/mol. The van der Waals surface area contributed by atoms with Crippen LogP contribution in [0, 0.1) is 5.41 Å². The number of carbonyl (C=O) groups is 1. The molecule has 1 aliphatic carbocycles. The van der Waals surface area contributed by atoms with Gasteiger partial charge in [0.15, 0.2) is 0 Å². The van der Waals surface area contributed by atoms with E-state index in [4.69, 9.17) is 0 Å². The summed E-state index contributed by atoms with van der Waals surface area (Å²) in [5.74, 6) is 0.0811. The predicted octanol–water partition coefficient (Wildman–Crippen LogP) is 4.55. The minimum absolute atomic E-state index is 0.109. The van der Waals surface area contributed by atoms with E-state index in [9.17, 15) is 9.90 Å². The third-order valence-electron chi connectivity index (χ3n) is 4.74. The maximum Gasteiger partial charge on any atom is 0.255 e. The molecule has 0 spiro atoms. The number of benzene rings is 2. The Labute approximate surface area is 137 Å². The van der Waals surface area contributed by atoms with Crippen LogP contribution < -0.4 is 5.32 Å². The molecule has 1 aliphatic rings. The number of hydrogen-bond donors (Lipinski definition) is 2. The molecule has 0 bridgehead atoms. The summed E-state index contributed by atoms with van der Waals surface area (Å²) in [6.07, 6.45) is 4.47. The van der Waals surface area contributed by atoms with Gasteiger partial charge in [-0.2, -0.15) is 0 Å². The molecule has 0 heterocycles. The molecule has 0 fully saturated rings. The van der Waals surface area contributed by atoms with E-state index in [0.717, 1.165) is 19.3 Å². The number of phenolic OH excluding ortho intramolecular Hbond substituents is 1. The van der Waals surface area contributed by atoms with Gasteiger partial charge in [0.25, 0.3) is 5.91 Å². The van der Waals surface area contributed by atoms with Crippen molar-refractivity contribution in [3.8, 4) is 5.75 Å². The lowest BCUT2D eigenvalue weighted by Crippen LogP contribution is -2.12. The molecular formula is C20H23NO2. The highest BCUT2D eigenvalue weighted by Crippen LogP contribution is 2.34. The number of hydrogen-bond acceptors (Lipinski definition) is 2. The first-order valence-corrected chi connectivity index (χ1v) is 8.15. The van der Waals surface area contributed by atoms with Gasteiger partial charge in [0.2, 0.25) is 0 Å². The number of nitrogens with one attached hydrogen (secondary N) is 1. The highest BCUT2D eigenvalue weighted by Gasteiger charge is 2.23. The number of amides is 1. The molecule has 0 aliphatic heterocycles. The molecule has 3 heteroatoms. The molecule has 2 aromatic carbocycles. The van der Waals surface area contributed by atoms with Crippen LogP contribution in [0.5, 0.6) is 5.75 Å². The Hall–Kier alpha value is -2.29. The van der Waals surface area contributed by atoms with E-state index in [1.165, 1.54) is 17.5 Å². The maximum atomic E-state index is 12.4. The number of aromatic hydroxyl groups is 1. The Balaban J connectivity index is 1.78. The first-order valence-electron chi connectivity index (χ1n) is 8.15. The molecule has 0 aromatic heterocycles. The second-order valence-electron chi connectivity index (χ2n) is 7.15. The van der Waals surface area contributed by atoms with Crippen LogP contribution in [0.25, 0.3) is 0 Å². The van der Waals surface area contributed by atoms with E-state index in [-0.39, 0.29) is 11.7 Å². The normalized spacial score (nSPS) is 16.3. The van der Waals surface area contributed by atoms with Crippen molar-refractivity contribution in [1.82, 2.24) is 0 Å². The molecule has 0 saturated carbocycles. The van der Waals surface area contributed by atoms with Gasteiger partial charge in [-0.3, -0.25) is 4.79 Å². The highest BCUT2D eigenvalue weighted by molar-refractivity contribution is 6.04. The Morgan fingerprint density at radius 3 is 2.35 bits per heavy atom. The van der Waals surface area contributed by atoms with Gasteiger partial charge in [0, 0.05) is 11.3 Å². The van der Waals surface area contributed by atoms with Gasteiger partial charge in [0.05, 0.1) is 0 Å². The Bertz CT molecular complexity index is 717. The molecule has 0 unspecified atom stereocenters. The molecule has 23 heavy (non-hydrogen) atoms. The lowest BCUT2D eigenvalue weighted by atomic mass is 9.85. The molecule has 0 radical (unpaired) electrons. The quantitative estimate of drug-likeness (QED) is 0.631. The van der Waals surface area contributed by atoms with Crippen molar-refractivity contribution in [3.05, 3.63) is 59.2 Å². The van der Waals surface area contributed by atoms with Crippen molar-refractivity contribution in [3.63, 3.8) is 0 Å². The zero-order valence-corrected chi connectivity index (χ0v) is 13.7. The number of carbonyl (C=O) groups excluding carboxylic acids is 1. The minimum Gasteiger partial charge on any atom is -0.508 e. The zero-order valence-electron chi connectivity index (χ0n) is 13.7. The predicted molar refractivity (Wildman–Crippen MR) is 92.9 cm³/mol. The molecule has 1 amide bonds. The third kappa shape index (κ3) is 3.73. The summed E-state index contributed by atoms with van der Waals surface area (Å²) in [6.45, 7) is 4.63. The molecule has 2 N–H and O–H groups in total. The van der Waals surface area contributed by atoms with Crippen LogP contribution in [0.3, 0.4) is 0 Å². The van der Waals surface area contributed by atoms with Gasteiger partial charge in [0.1, 0.15) is 5.75 Å². The molecule has 3 rings (SSSR count). The number of phenols is 1. The van der Waals surface area contributed by atoms with Crippen molar-refractivity contribution in [1.29, 1.82) is 0 Å². The first-order chi connectivity index (χ1) is 10.9. The van der Waals surface area contributed by atoms with Gasteiger partial charge < -0.3 is 10.4 Å². The number of fused-ring (bicyclic) bond motifs is 1. The van der Waals surface area contributed by atoms with Crippen LogP contribution >= 0.6 is 0 Å². The molecule has 0 atom stereocenters. The second-order valence-corrected chi connectivity index (χ2v) is 7.15. The van der Waals surface area contributed by atoms with Gasteiger partial charge >= 0.3 is 0 Å². The Kier molecular flexibility index (Phi) is 4.12. The van der Waals surface area contributed by atoms with Crippen LogP contribution in [0.2, 0.25) is 0 Å². The van der Waals surface area contributed by atoms with E-state index in [1.54, 1.807) is 24.3 Å². The smallest absolute Gasteiger partial charge is 0.255 e. The number of anilines is 1. The summed E-state index contributed by atoms with van der Waals surface area (Å²) in [5, 5.41) is 12.2. The van der Waals surface area contributed by atoms with Crippen molar-refractivity contribution in [2.75, 3.05) is 5.32 Å². The van der Waals surface area contributed by atoms with Crippen LogP contribution in [0.4, 0.5) is 5.69 Å². The van der Waals surface area contributed by atoms with Crippen LogP contribution in [-0.2, 0) is 12.8 Å². The van der Waals surface area contributed by atoms with Crippen molar-refractivity contribution < 1.29 is 9.90 Å². The van der Waals surface area contributed by atoms with Crippen LogP contribution in [0.15, 0.2) is 42.5 Å². The fourth-order valence-electron chi connectivity index (χ4n) is 3.06. The lowest BCUT2D eigenvalue weighted by molar-refractivity contribution is 0.102. The molecule has 120 valence electrons. The van der Waals surface area contributed by atoms with Gasteiger partial charge in [-0.15, -0.1) is 0 Å². The fourth-order valence-corrected chi connectivity index (χ4v) is 3.06. The largest absolute Gasteiger partial charge is 0.508 e. The van der Waals surface area contributed by atoms with E-state index in [2.05, 4.69) is 25.2 Å². The maximum absolute atomic E-state index is 12.4. The van der Waals surface area contributed by atoms with Gasteiger partial charge in [-0.25, -0.2) is 0 Å².